The number of sulfonamides is 1. The van der Waals surface area contributed by atoms with Gasteiger partial charge in [-0.25, -0.2) is 13.1 Å². The van der Waals surface area contributed by atoms with Crippen LogP contribution in [0.25, 0.3) is 0 Å². The molecule has 8 nitrogen and oxygen atoms in total. The highest BCUT2D eigenvalue weighted by atomic mass is 32.2. The van der Waals surface area contributed by atoms with Crippen LogP contribution in [0.3, 0.4) is 0 Å². The number of carbonyl (C=O) groups excluding carboxylic acids is 2. The third-order valence-electron chi connectivity index (χ3n) is 4.99. The van der Waals surface area contributed by atoms with Crippen molar-refractivity contribution in [3.63, 3.8) is 0 Å². The lowest BCUT2D eigenvalue weighted by Crippen LogP contribution is -2.47. The van der Waals surface area contributed by atoms with Gasteiger partial charge >= 0.3 is 11.8 Å². The summed E-state index contributed by atoms with van der Waals surface area (Å²) in [6.45, 7) is -0.0165. The van der Waals surface area contributed by atoms with Crippen molar-refractivity contribution in [2.24, 2.45) is 5.92 Å². The van der Waals surface area contributed by atoms with Gasteiger partial charge in [0.2, 0.25) is 10.0 Å². The van der Waals surface area contributed by atoms with Crippen molar-refractivity contribution < 1.29 is 23.1 Å². The van der Waals surface area contributed by atoms with E-state index in [2.05, 4.69) is 15.4 Å². The number of anilines is 1. The van der Waals surface area contributed by atoms with Crippen LogP contribution in [0.15, 0.2) is 29.2 Å². The van der Waals surface area contributed by atoms with Crippen LogP contribution in [0.5, 0.6) is 0 Å². The number of aliphatic hydroxyl groups excluding tert-OH is 1. The summed E-state index contributed by atoms with van der Waals surface area (Å²) in [6.07, 6.45) is 5.22. The molecular formula is C18H25N3O5S. The van der Waals surface area contributed by atoms with Crippen molar-refractivity contribution >= 4 is 27.5 Å². The van der Waals surface area contributed by atoms with Gasteiger partial charge in [0.1, 0.15) is 0 Å². The number of amides is 2. The average Bonchev–Trinajstić information content (AvgIpc) is 3.46. The lowest BCUT2D eigenvalue weighted by Gasteiger charge is -2.30. The summed E-state index contributed by atoms with van der Waals surface area (Å²) < 4.78 is 26.8. The Balaban J connectivity index is 1.56. The van der Waals surface area contributed by atoms with Gasteiger partial charge in [0, 0.05) is 30.3 Å². The fourth-order valence-electron chi connectivity index (χ4n) is 3.24. The van der Waals surface area contributed by atoms with Gasteiger partial charge in [-0.15, -0.1) is 0 Å². The Bertz CT molecular complexity index is 790. The summed E-state index contributed by atoms with van der Waals surface area (Å²) in [6, 6.07) is 5.49. The number of rotatable bonds is 6. The second-order valence-electron chi connectivity index (χ2n) is 7.18. The van der Waals surface area contributed by atoms with Gasteiger partial charge in [-0.2, -0.15) is 0 Å². The Morgan fingerprint density at radius 3 is 2.30 bits per heavy atom. The second-order valence-corrected chi connectivity index (χ2v) is 8.90. The van der Waals surface area contributed by atoms with E-state index in [1.54, 1.807) is 0 Å². The number of hydrogen-bond donors (Lipinski definition) is 4. The summed E-state index contributed by atoms with van der Waals surface area (Å²) in [4.78, 5) is 24.3. The minimum Gasteiger partial charge on any atom is -0.396 e. The minimum absolute atomic E-state index is 0.0145. The Kier molecular flexibility index (Phi) is 6.13. The maximum Gasteiger partial charge on any atom is 0.313 e. The van der Waals surface area contributed by atoms with Crippen LogP contribution in [0.1, 0.15) is 38.5 Å². The molecule has 0 aromatic heterocycles. The number of carbonyl (C=O) groups is 2. The highest BCUT2D eigenvalue weighted by molar-refractivity contribution is 7.89. The van der Waals surface area contributed by atoms with Gasteiger partial charge in [-0.3, -0.25) is 9.59 Å². The highest BCUT2D eigenvalue weighted by Gasteiger charge is 2.29. The summed E-state index contributed by atoms with van der Waals surface area (Å²) in [5, 5.41) is 14.5. The smallest absolute Gasteiger partial charge is 0.313 e. The van der Waals surface area contributed by atoms with E-state index < -0.39 is 21.8 Å². The lowest BCUT2D eigenvalue weighted by atomic mass is 9.85. The minimum atomic E-state index is -3.55. The van der Waals surface area contributed by atoms with Crippen LogP contribution in [0, 0.1) is 5.92 Å². The molecule has 27 heavy (non-hydrogen) atoms. The van der Waals surface area contributed by atoms with Crippen LogP contribution in [0.2, 0.25) is 0 Å². The molecule has 1 aromatic carbocycles. The zero-order valence-corrected chi connectivity index (χ0v) is 15.8. The molecular weight excluding hydrogens is 370 g/mol. The van der Waals surface area contributed by atoms with E-state index in [1.165, 1.54) is 24.3 Å². The van der Waals surface area contributed by atoms with E-state index in [4.69, 9.17) is 0 Å². The number of nitrogens with one attached hydrogen (secondary N) is 3. The molecule has 2 atom stereocenters. The zero-order valence-electron chi connectivity index (χ0n) is 15.0. The predicted octanol–water partition coefficient (Wildman–Crippen LogP) is 0.733. The van der Waals surface area contributed by atoms with E-state index in [-0.39, 0.29) is 29.5 Å². The Morgan fingerprint density at radius 1 is 1.00 bits per heavy atom. The molecule has 2 aliphatic carbocycles. The molecule has 0 heterocycles. The van der Waals surface area contributed by atoms with Crippen LogP contribution in [-0.2, 0) is 19.6 Å². The van der Waals surface area contributed by atoms with E-state index in [0.717, 1.165) is 38.5 Å². The lowest BCUT2D eigenvalue weighted by molar-refractivity contribution is -0.137. The van der Waals surface area contributed by atoms with E-state index >= 15 is 0 Å². The summed E-state index contributed by atoms with van der Waals surface area (Å²) >= 11 is 0. The third-order valence-corrected chi connectivity index (χ3v) is 6.52. The molecule has 0 radical (unpaired) electrons. The first-order valence-electron chi connectivity index (χ1n) is 9.24. The quantitative estimate of drug-likeness (QED) is 0.529. The van der Waals surface area contributed by atoms with Crippen molar-refractivity contribution in [1.29, 1.82) is 0 Å². The Morgan fingerprint density at radius 2 is 1.67 bits per heavy atom. The number of aliphatic hydroxyl groups is 1. The second kappa shape index (κ2) is 8.37. The molecule has 1 aromatic rings. The van der Waals surface area contributed by atoms with Crippen LogP contribution in [-0.4, -0.2) is 44.0 Å². The van der Waals surface area contributed by atoms with Crippen molar-refractivity contribution in [3.8, 4) is 0 Å². The Labute approximate surface area is 158 Å². The molecule has 2 saturated carbocycles. The van der Waals surface area contributed by atoms with Gasteiger partial charge in [0.15, 0.2) is 0 Å². The van der Waals surface area contributed by atoms with Gasteiger partial charge in [-0.1, -0.05) is 12.8 Å². The van der Waals surface area contributed by atoms with Crippen LogP contribution >= 0.6 is 0 Å². The molecule has 0 spiro atoms. The molecule has 3 rings (SSSR count). The summed E-state index contributed by atoms with van der Waals surface area (Å²) in [5.74, 6) is -1.60. The summed E-state index contributed by atoms with van der Waals surface area (Å²) in [7, 11) is -3.55. The predicted molar refractivity (Wildman–Crippen MR) is 99.4 cm³/mol. The van der Waals surface area contributed by atoms with Crippen molar-refractivity contribution in [1.82, 2.24) is 10.0 Å². The molecule has 2 fully saturated rings. The van der Waals surface area contributed by atoms with Gasteiger partial charge in [0.25, 0.3) is 0 Å². The van der Waals surface area contributed by atoms with E-state index in [9.17, 15) is 23.1 Å². The van der Waals surface area contributed by atoms with Crippen molar-refractivity contribution in [3.05, 3.63) is 24.3 Å². The average molecular weight is 395 g/mol. The molecule has 0 bridgehead atoms. The topological polar surface area (TPSA) is 125 Å². The van der Waals surface area contributed by atoms with E-state index in [0.29, 0.717) is 5.69 Å². The molecule has 2 amide bonds. The molecule has 2 aliphatic rings. The SMILES string of the molecule is O=C(Nc1ccc(S(=O)(=O)NC2CC2)cc1)C(=O)N[C@H]1CCCC[C@H]1CO. The molecule has 0 saturated heterocycles. The molecule has 0 aliphatic heterocycles. The van der Waals surface area contributed by atoms with Crippen LogP contribution in [0.4, 0.5) is 5.69 Å². The monoisotopic (exact) mass is 395 g/mol. The maximum absolute atomic E-state index is 12.1. The highest BCUT2D eigenvalue weighted by Crippen LogP contribution is 2.24. The van der Waals surface area contributed by atoms with Crippen molar-refractivity contribution in [2.45, 2.75) is 55.5 Å². The Hall–Kier alpha value is -1.97. The van der Waals surface area contributed by atoms with Gasteiger partial charge in [0.05, 0.1) is 4.90 Å². The first kappa shape index (κ1) is 19.8. The normalized spacial score (nSPS) is 22.9. The summed E-state index contributed by atoms with van der Waals surface area (Å²) in [5.41, 5.74) is 0.336. The van der Waals surface area contributed by atoms with E-state index in [1.807, 2.05) is 0 Å². The van der Waals surface area contributed by atoms with Gasteiger partial charge in [-0.05, 0) is 49.9 Å². The molecule has 4 N–H and O–H groups in total. The zero-order chi connectivity index (χ0) is 19.4. The van der Waals surface area contributed by atoms with Gasteiger partial charge < -0.3 is 15.7 Å². The standard InChI is InChI=1S/C18H25N3O5S/c22-11-12-3-1-2-4-16(12)20-18(24)17(23)19-13-7-9-15(10-8-13)27(25,26)21-14-5-6-14/h7-10,12,14,16,21-22H,1-6,11H2,(H,19,23)(H,20,24)/t12-,16-/m0/s1. The maximum atomic E-state index is 12.1. The number of benzene rings is 1. The fraction of sp³-hybridized carbons (Fsp3) is 0.556. The molecule has 9 heteroatoms. The third kappa shape index (κ3) is 5.27. The van der Waals surface area contributed by atoms with Crippen molar-refractivity contribution in [2.75, 3.05) is 11.9 Å². The fourth-order valence-corrected chi connectivity index (χ4v) is 4.55. The largest absolute Gasteiger partial charge is 0.396 e. The van der Waals surface area contributed by atoms with Crippen LogP contribution < -0.4 is 15.4 Å². The first-order chi connectivity index (χ1) is 12.9. The number of hydrogen-bond acceptors (Lipinski definition) is 5. The molecule has 0 unspecified atom stereocenters. The molecule has 148 valence electrons. The first-order valence-corrected chi connectivity index (χ1v) is 10.7.